The molecule has 18 heavy (non-hydrogen) atoms. The molecule has 1 unspecified atom stereocenters. The number of nitrogens with zero attached hydrogens (tertiary/aromatic N) is 1. The molecule has 0 aliphatic carbocycles. The largest absolute Gasteiger partial charge is 0.378 e. The summed E-state index contributed by atoms with van der Waals surface area (Å²) in [5, 5.41) is 9.97. The van der Waals surface area contributed by atoms with Gasteiger partial charge in [0.2, 0.25) is 0 Å². The quantitative estimate of drug-likeness (QED) is 0.549. The molecule has 0 aromatic rings. The van der Waals surface area contributed by atoms with Gasteiger partial charge in [-0.15, -0.1) is 35.6 Å². The van der Waals surface area contributed by atoms with Gasteiger partial charge in [0.05, 0.1) is 6.54 Å². The Kier molecular flexibility index (Phi) is 14.2. The SMILES string of the molecule is CCCCC(C)(O)C#CCN(CCCl)CCCl.Cl. The van der Waals surface area contributed by atoms with Gasteiger partial charge in [0.25, 0.3) is 0 Å². The molecule has 1 N–H and O–H groups in total. The molecule has 2 nitrogen and oxygen atoms in total. The third kappa shape index (κ3) is 11.4. The molecule has 0 bridgehead atoms. The summed E-state index contributed by atoms with van der Waals surface area (Å²) < 4.78 is 0. The first-order valence-electron chi connectivity index (χ1n) is 6.12. The predicted molar refractivity (Wildman–Crippen MR) is 83.1 cm³/mol. The average molecular weight is 317 g/mol. The lowest BCUT2D eigenvalue weighted by Crippen LogP contribution is -2.29. The molecule has 1 atom stereocenters. The lowest BCUT2D eigenvalue weighted by molar-refractivity contribution is 0.109. The Bertz CT molecular complexity index is 242. The zero-order valence-corrected chi connectivity index (χ0v) is 13.5. The Morgan fingerprint density at radius 3 is 2.22 bits per heavy atom. The minimum Gasteiger partial charge on any atom is -0.378 e. The topological polar surface area (TPSA) is 23.5 Å². The highest BCUT2D eigenvalue weighted by Gasteiger charge is 2.15. The van der Waals surface area contributed by atoms with Crippen LogP contribution in [-0.2, 0) is 0 Å². The molecule has 0 rings (SSSR count). The van der Waals surface area contributed by atoms with Crippen molar-refractivity contribution in [2.75, 3.05) is 31.4 Å². The molecule has 0 radical (unpaired) electrons. The van der Waals surface area contributed by atoms with Crippen molar-refractivity contribution in [2.24, 2.45) is 0 Å². The van der Waals surface area contributed by atoms with E-state index < -0.39 is 5.60 Å². The standard InChI is InChI=1S/C13H23Cl2NO.ClH/c1-3-4-6-13(2,17)7-5-10-16(11-8-14)12-9-15;/h17H,3-4,6,8-12H2,1-2H3;1H. The number of aliphatic hydroxyl groups is 1. The summed E-state index contributed by atoms with van der Waals surface area (Å²) in [5.41, 5.74) is -0.871. The summed E-state index contributed by atoms with van der Waals surface area (Å²) in [6, 6.07) is 0. The maximum absolute atomic E-state index is 9.97. The number of rotatable bonds is 8. The van der Waals surface area contributed by atoms with Gasteiger partial charge in [-0.3, -0.25) is 4.90 Å². The average Bonchev–Trinajstić information content (AvgIpc) is 2.27. The van der Waals surface area contributed by atoms with Gasteiger partial charge >= 0.3 is 0 Å². The van der Waals surface area contributed by atoms with E-state index in [4.69, 9.17) is 23.2 Å². The Morgan fingerprint density at radius 1 is 1.22 bits per heavy atom. The van der Waals surface area contributed by atoms with Crippen LogP contribution >= 0.6 is 35.6 Å². The molecule has 0 aliphatic rings. The van der Waals surface area contributed by atoms with Crippen molar-refractivity contribution in [1.82, 2.24) is 4.90 Å². The van der Waals surface area contributed by atoms with Crippen LogP contribution < -0.4 is 0 Å². The van der Waals surface area contributed by atoms with Gasteiger partial charge in [0, 0.05) is 24.8 Å². The fraction of sp³-hybridized carbons (Fsp3) is 0.846. The van der Waals surface area contributed by atoms with Gasteiger partial charge in [0.15, 0.2) is 0 Å². The number of hydrogen-bond donors (Lipinski definition) is 1. The van der Waals surface area contributed by atoms with Crippen LogP contribution in [0.2, 0.25) is 0 Å². The van der Waals surface area contributed by atoms with Gasteiger partial charge in [-0.1, -0.05) is 25.2 Å². The van der Waals surface area contributed by atoms with Crippen LogP contribution in [0, 0.1) is 11.8 Å². The monoisotopic (exact) mass is 315 g/mol. The van der Waals surface area contributed by atoms with Crippen molar-refractivity contribution in [3.8, 4) is 11.8 Å². The first kappa shape index (κ1) is 20.7. The smallest absolute Gasteiger partial charge is 0.122 e. The Labute approximate surface area is 127 Å². The second-order valence-corrected chi connectivity index (χ2v) is 5.09. The molecular weight excluding hydrogens is 293 g/mol. The fourth-order valence-corrected chi connectivity index (χ4v) is 1.91. The zero-order chi connectivity index (χ0) is 13.1. The molecule has 0 aromatic heterocycles. The van der Waals surface area contributed by atoms with Crippen molar-refractivity contribution >= 4 is 35.6 Å². The van der Waals surface area contributed by atoms with E-state index >= 15 is 0 Å². The van der Waals surface area contributed by atoms with Crippen LogP contribution in [0.1, 0.15) is 33.1 Å². The van der Waals surface area contributed by atoms with Crippen LogP contribution in [0.5, 0.6) is 0 Å². The molecule has 0 aromatic carbocycles. The van der Waals surface area contributed by atoms with Gasteiger partial charge in [-0.05, 0) is 19.8 Å². The number of alkyl halides is 2. The zero-order valence-electron chi connectivity index (χ0n) is 11.2. The number of halogens is 3. The molecular formula is C13H24Cl3NO. The third-order valence-electron chi connectivity index (χ3n) is 2.48. The van der Waals surface area contributed by atoms with E-state index in [2.05, 4.69) is 23.7 Å². The second kappa shape index (κ2) is 12.4. The first-order chi connectivity index (χ1) is 8.05. The van der Waals surface area contributed by atoms with Gasteiger partial charge in [-0.25, -0.2) is 0 Å². The molecule has 108 valence electrons. The van der Waals surface area contributed by atoms with Crippen LogP contribution in [0.25, 0.3) is 0 Å². The van der Waals surface area contributed by atoms with Crippen LogP contribution in [-0.4, -0.2) is 47.0 Å². The highest BCUT2D eigenvalue weighted by Crippen LogP contribution is 2.11. The molecule has 0 spiro atoms. The minimum absolute atomic E-state index is 0. The summed E-state index contributed by atoms with van der Waals surface area (Å²) in [7, 11) is 0. The molecule has 0 saturated heterocycles. The van der Waals surface area contributed by atoms with Gasteiger partial charge < -0.3 is 5.11 Å². The summed E-state index contributed by atoms with van der Waals surface area (Å²) in [6.07, 6.45) is 2.79. The molecule has 0 aliphatic heterocycles. The van der Waals surface area contributed by atoms with Crippen LogP contribution in [0.3, 0.4) is 0 Å². The summed E-state index contributed by atoms with van der Waals surface area (Å²) in [6.45, 7) is 6.04. The fourth-order valence-electron chi connectivity index (χ4n) is 1.43. The number of unbranched alkanes of at least 4 members (excludes halogenated alkanes) is 1. The van der Waals surface area contributed by atoms with E-state index in [0.29, 0.717) is 18.3 Å². The van der Waals surface area contributed by atoms with E-state index in [1.54, 1.807) is 6.92 Å². The van der Waals surface area contributed by atoms with E-state index in [1.807, 2.05) is 0 Å². The van der Waals surface area contributed by atoms with Crippen molar-refractivity contribution in [2.45, 2.75) is 38.7 Å². The predicted octanol–water partition coefficient (Wildman–Crippen LogP) is 3.13. The third-order valence-corrected chi connectivity index (χ3v) is 2.82. The van der Waals surface area contributed by atoms with Crippen LogP contribution in [0.15, 0.2) is 0 Å². The highest BCUT2D eigenvalue weighted by molar-refractivity contribution is 6.18. The summed E-state index contributed by atoms with van der Waals surface area (Å²) in [5.74, 6) is 7.08. The molecule has 0 heterocycles. The highest BCUT2D eigenvalue weighted by atomic mass is 35.5. The summed E-state index contributed by atoms with van der Waals surface area (Å²) >= 11 is 11.4. The lowest BCUT2D eigenvalue weighted by Gasteiger charge is -2.18. The first-order valence-corrected chi connectivity index (χ1v) is 7.19. The normalized spacial score (nSPS) is 13.4. The van der Waals surface area contributed by atoms with Crippen molar-refractivity contribution in [3.63, 3.8) is 0 Å². The Balaban J connectivity index is 0. The maximum Gasteiger partial charge on any atom is 0.122 e. The molecule has 0 amide bonds. The maximum atomic E-state index is 9.97. The second-order valence-electron chi connectivity index (χ2n) is 4.33. The number of hydrogen-bond acceptors (Lipinski definition) is 2. The van der Waals surface area contributed by atoms with Crippen LogP contribution in [0.4, 0.5) is 0 Å². The van der Waals surface area contributed by atoms with E-state index in [-0.39, 0.29) is 12.4 Å². The van der Waals surface area contributed by atoms with Crippen molar-refractivity contribution in [3.05, 3.63) is 0 Å². The Hall–Kier alpha value is 0.350. The Morgan fingerprint density at radius 2 is 1.78 bits per heavy atom. The van der Waals surface area contributed by atoms with E-state index in [1.165, 1.54) is 0 Å². The van der Waals surface area contributed by atoms with Crippen molar-refractivity contribution in [1.29, 1.82) is 0 Å². The molecule has 0 fully saturated rings. The van der Waals surface area contributed by atoms with Gasteiger partial charge in [-0.2, -0.15) is 0 Å². The molecule has 0 saturated carbocycles. The van der Waals surface area contributed by atoms with Crippen molar-refractivity contribution < 1.29 is 5.11 Å². The van der Waals surface area contributed by atoms with E-state index in [9.17, 15) is 5.11 Å². The van der Waals surface area contributed by atoms with E-state index in [0.717, 1.165) is 32.4 Å². The lowest BCUT2D eigenvalue weighted by atomic mass is 10.00. The molecule has 5 heteroatoms. The minimum atomic E-state index is -0.871. The summed E-state index contributed by atoms with van der Waals surface area (Å²) in [4.78, 5) is 2.09. The van der Waals surface area contributed by atoms with Gasteiger partial charge in [0.1, 0.15) is 5.60 Å².